The molecule has 124 valence electrons. The lowest BCUT2D eigenvalue weighted by molar-refractivity contribution is 0.0910. The molecule has 0 fully saturated rings. The number of carbonyl (C=O) groups is 2. The Morgan fingerprint density at radius 1 is 1.29 bits per heavy atom. The van der Waals surface area contributed by atoms with E-state index in [0.717, 1.165) is 29.1 Å². The number of aryl methyl sites for hydroxylation is 1. The SMILES string of the molecule is C=Cc1cc(-n2c(C)cc3c2CC(C)(C)CC3=O)ccc1C(N)=O. The predicted molar refractivity (Wildman–Crippen MR) is 95.5 cm³/mol. The number of primary amides is 1. The maximum atomic E-state index is 12.5. The van der Waals surface area contributed by atoms with Crippen LogP contribution >= 0.6 is 0 Å². The van der Waals surface area contributed by atoms with Crippen molar-refractivity contribution >= 4 is 17.8 Å². The van der Waals surface area contributed by atoms with Crippen LogP contribution in [0.2, 0.25) is 0 Å². The van der Waals surface area contributed by atoms with Gasteiger partial charge >= 0.3 is 0 Å². The van der Waals surface area contributed by atoms with Gasteiger partial charge in [0.25, 0.3) is 0 Å². The van der Waals surface area contributed by atoms with E-state index in [1.165, 1.54) is 0 Å². The number of hydrogen-bond donors (Lipinski definition) is 1. The van der Waals surface area contributed by atoms with E-state index in [-0.39, 0.29) is 11.2 Å². The Morgan fingerprint density at radius 3 is 2.62 bits per heavy atom. The van der Waals surface area contributed by atoms with E-state index >= 15 is 0 Å². The van der Waals surface area contributed by atoms with Crippen molar-refractivity contribution in [3.63, 3.8) is 0 Å². The van der Waals surface area contributed by atoms with Crippen molar-refractivity contribution in [1.82, 2.24) is 4.57 Å². The number of ketones is 1. The van der Waals surface area contributed by atoms with Crippen LogP contribution in [0.1, 0.15) is 57.9 Å². The summed E-state index contributed by atoms with van der Waals surface area (Å²) in [5.41, 5.74) is 10.3. The average molecular weight is 322 g/mol. The maximum absolute atomic E-state index is 12.5. The average Bonchev–Trinajstić information content (AvgIpc) is 2.81. The van der Waals surface area contributed by atoms with Gasteiger partial charge < -0.3 is 10.3 Å². The number of aromatic nitrogens is 1. The van der Waals surface area contributed by atoms with Gasteiger partial charge in [0, 0.05) is 34.6 Å². The summed E-state index contributed by atoms with van der Waals surface area (Å²) in [6, 6.07) is 7.44. The minimum absolute atomic E-state index is 0.0545. The van der Waals surface area contributed by atoms with Gasteiger partial charge in [-0.15, -0.1) is 0 Å². The zero-order valence-electron chi connectivity index (χ0n) is 14.3. The second-order valence-electron chi connectivity index (χ2n) is 7.26. The molecular formula is C20H22N2O2. The molecule has 4 heteroatoms. The molecule has 1 aliphatic carbocycles. The molecular weight excluding hydrogens is 300 g/mol. The Balaban J connectivity index is 2.20. The van der Waals surface area contributed by atoms with Crippen molar-refractivity contribution < 1.29 is 9.59 Å². The minimum Gasteiger partial charge on any atom is -0.366 e. The second kappa shape index (κ2) is 5.48. The van der Waals surface area contributed by atoms with Crippen LogP contribution in [0.3, 0.4) is 0 Å². The molecule has 4 nitrogen and oxygen atoms in total. The first kappa shape index (κ1) is 16.2. The molecule has 3 rings (SSSR count). The molecule has 24 heavy (non-hydrogen) atoms. The first-order valence-electron chi connectivity index (χ1n) is 8.04. The lowest BCUT2D eigenvalue weighted by Gasteiger charge is -2.30. The monoisotopic (exact) mass is 322 g/mol. The van der Waals surface area contributed by atoms with E-state index in [2.05, 4.69) is 25.0 Å². The zero-order chi connectivity index (χ0) is 17.6. The maximum Gasteiger partial charge on any atom is 0.249 e. The fraction of sp³-hybridized carbons (Fsp3) is 0.300. The molecule has 0 spiro atoms. The summed E-state index contributed by atoms with van der Waals surface area (Å²) in [6.07, 6.45) is 3.04. The highest BCUT2D eigenvalue weighted by atomic mass is 16.1. The lowest BCUT2D eigenvalue weighted by atomic mass is 9.76. The van der Waals surface area contributed by atoms with Gasteiger partial charge in [0.2, 0.25) is 5.91 Å². The normalized spacial score (nSPS) is 15.9. The molecule has 1 aromatic carbocycles. The smallest absolute Gasteiger partial charge is 0.249 e. The van der Waals surface area contributed by atoms with E-state index in [4.69, 9.17) is 5.73 Å². The molecule has 2 N–H and O–H groups in total. The molecule has 1 amide bonds. The van der Waals surface area contributed by atoms with Crippen LogP contribution in [0.25, 0.3) is 11.8 Å². The summed E-state index contributed by atoms with van der Waals surface area (Å²) in [5, 5.41) is 0. The van der Waals surface area contributed by atoms with Gasteiger partial charge in [-0.25, -0.2) is 0 Å². The Labute approximate surface area is 142 Å². The van der Waals surface area contributed by atoms with Gasteiger partial charge in [-0.05, 0) is 48.6 Å². The largest absolute Gasteiger partial charge is 0.366 e. The van der Waals surface area contributed by atoms with Gasteiger partial charge in [-0.3, -0.25) is 9.59 Å². The second-order valence-corrected chi connectivity index (χ2v) is 7.26. The first-order chi connectivity index (χ1) is 11.2. The lowest BCUT2D eigenvalue weighted by Crippen LogP contribution is -2.27. The van der Waals surface area contributed by atoms with Crippen molar-refractivity contribution in [3.05, 3.63) is 58.9 Å². The van der Waals surface area contributed by atoms with E-state index in [9.17, 15) is 9.59 Å². The number of Topliss-reactive ketones (excluding diaryl/α,β-unsaturated/α-hetero) is 1. The number of hydrogen-bond acceptors (Lipinski definition) is 2. The third kappa shape index (κ3) is 2.58. The number of fused-ring (bicyclic) bond motifs is 1. The summed E-state index contributed by atoms with van der Waals surface area (Å²) in [4.78, 5) is 24.0. The molecule has 2 aromatic rings. The van der Waals surface area contributed by atoms with Crippen molar-refractivity contribution in [2.75, 3.05) is 0 Å². The molecule has 0 radical (unpaired) electrons. The van der Waals surface area contributed by atoms with Crippen LogP contribution in [0.5, 0.6) is 0 Å². The van der Waals surface area contributed by atoms with Gasteiger partial charge in [-0.1, -0.05) is 26.5 Å². The molecule has 0 saturated carbocycles. The van der Waals surface area contributed by atoms with Crippen molar-refractivity contribution in [2.24, 2.45) is 11.1 Å². The Bertz CT molecular complexity index is 872. The fourth-order valence-corrected chi connectivity index (χ4v) is 3.59. The summed E-state index contributed by atoms with van der Waals surface area (Å²) in [7, 11) is 0. The van der Waals surface area contributed by atoms with Crippen LogP contribution in [0, 0.1) is 12.3 Å². The molecule has 0 unspecified atom stereocenters. The Morgan fingerprint density at radius 2 is 2.00 bits per heavy atom. The van der Waals surface area contributed by atoms with E-state index < -0.39 is 5.91 Å². The topological polar surface area (TPSA) is 65.1 Å². The van der Waals surface area contributed by atoms with Crippen molar-refractivity contribution in [1.29, 1.82) is 0 Å². The number of nitrogens with two attached hydrogens (primary N) is 1. The van der Waals surface area contributed by atoms with Gasteiger partial charge in [-0.2, -0.15) is 0 Å². The molecule has 1 aromatic heterocycles. The van der Waals surface area contributed by atoms with Crippen molar-refractivity contribution in [2.45, 2.75) is 33.6 Å². The Kier molecular flexibility index (Phi) is 3.71. The third-order valence-electron chi connectivity index (χ3n) is 4.65. The van der Waals surface area contributed by atoms with E-state index in [0.29, 0.717) is 17.5 Å². The van der Waals surface area contributed by atoms with E-state index in [1.54, 1.807) is 12.1 Å². The van der Waals surface area contributed by atoms with Crippen molar-refractivity contribution in [3.8, 4) is 5.69 Å². The summed E-state index contributed by atoms with van der Waals surface area (Å²) in [6.45, 7) is 10.00. The number of rotatable bonds is 3. The number of nitrogens with zero attached hydrogens (tertiary/aromatic N) is 1. The molecule has 0 atom stereocenters. The molecule has 1 heterocycles. The van der Waals surface area contributed by atoms with Crippen LogP contribution in [-0.4, -0.2) is 16.3 Å². The summed E-state index contributed by atoms with van der Waals surface area (Å²) in [5.74, 6) is -0.278. The first-order valence-corrected chi connectivity index (χ1v) is 8.04. The number of carbonyl (C=O) groups excluding carboxylic acids is 2. The number of benzene rings is 1. The van der Waals surface area contributed by atoms with Gasteiger partial charge in [0.1, 0.15) is 0 Å². The molecule has 0 saturated heterocycles. The minimum atomic E-state index is -0.473. The van der Waals surface area contributed by atoms with Gasteiger partial charge in [0.15, 0.2) is 5.78 Å². The number of amides is 1. The Hall–Kier alpha value is -2.62. The molecule has 0 bridgehead atoms. The highest BCUT2D eigenvalue weighted by molar-refractivity contribution is 5.99. The highest BCUT2D eigenvalue weighted by Gasteiger charge is 2.34. The standard InChI is InChI=1S/C20H22N2O2/c1-5-13-9-14(6-7-15(13)19(21)24)22-12(2)8-16-17(22)10-20(3,4)11-18(16)23/h5-9H,1,10-11H2,2-4H3,(H2,21,24). The molecule has 1 aliphatic rings. The fourth-order valence-electron chi connectivity index (χ4n) is 3.59. The third-order valence-corrected chi connectivity index (χ3v) is 4.65. The van der Waals surface area contributed by atoms with Crippen LogP contribution in [-0.2, 0) is 6.42 Å². The zero-order valence-corrected chi connectivity index (χ0v) is 14.3. The molecule has 0 aliphatic heterocycles. The van der Waals surface area contributed by atoms with Crippen LogP contribution < -0.4 is 5.73 Å². The van der Waals surface area contributed by atoms with Gasteiger partial charge in [0.05, 0.1) is 0 Å². The summed E-state index contributed by atoms with van der Waals surface area (Å²) < 4.78 is 2.10. The van der Waals surface area contributed by atoms with E-state index in [1.807, 2.05) is 25.1 Å². The quantitative estimate of drug-likeness (QED) is 0.936. The summed E-state index contributed by atoms with van der Waals surface area (Å²) >= 11 is 0. The van der Waals surface area contributed by atoms with Crippen LogP contribution in [0.4, 0.5) is 0 Å². The highest BCUT2D eigenvalue weighted by Crippen LogP contribution is 2.37. The predicted octanol–water partition coefficient (Wildman–Crippen LogP) is 3.68. The van der Waals surface area contributed by atoms with Crippen LogP contribution in [0.15, 0.2) is 30.8 Å².